The Balaban J connectivity index is 1.81. The predicted molar refractivity (Wildman–Crippen MR) is 103 cm³/mol. The molecule has 0 aromatic heterocycles. The van der Waals surface area contributed by atoms with Crippen molar-refractivity contribution < 1.29 is 14.3 Å². The van der Waals surface area contributed by atoms with Crippen LogP contribution in [0.4, 0.5) is 0 Å². The smallest absolute Gasteiger partial charge is 0.254 e. The van der Waals surface area contributed by atoms with Crippen molar-refractivity contribution in [2.24, 2.45) is 0 Å². The molecule has 1 heterocycles. The van der Waals surface area contributed by atoms with Crippen LogP contribution in [0.5, 0.6) is 11.5 Å². The Bertz CT molecular complexity index is 803. The van der Waals surface area contributed by atoms with Crippen molar-refractivity contribution >= 4 is 5.91 Å². The fourth-order valence-corrected chi connectivity index (χ4v) is 3.35. The van der Waals surface area contributed by atoms with Gasteiger partial charge in [0.2, 0.25) is 0 Å². The van der Waals surface area contributed by atoms with Gasteiger partial charge in [0.1, 0.15) is 0 Å². The molecule has 0 unspecified atom stereocenters. The van der Waals surface area contributed by atoms with Gasteiger partial charge >= 0.3 is 0 Å². The van der Waals surface area contributed by atoms with Crippen LogP contribution in [0.2, 0.25) is 0 Å². The van der Waals surface area contributed by atoms with E-state index in [2.05, 4.69) is 32.9 Å². The molecule has 138 valence electrons. The standard InChI is InChI=1S/C22H27NO3/c1-22(2,3)18-8-6-15(7-9-18)21(24)23-11-10-16-12-19(25-4)20(26-5)13-17(16)14-23/h6-9,12-13H,10-11,14H2,1-5H3. The molecule has 0 bridgehead atoms. The lowest BCUT2D eigenvalue weighted by Gasteiger charge is -2.30. The van der Waals surface area contributed by atoms with Crippen LogP contribution in [0, 0.1) is 0 Å². The van der Waals surface area contributed by atoms with Crippen molar-refractivity contribution in [3.8, 4) is 11.5 Å². The number of ether oxygens (including phenoxy) is 2. The Kier molecular flexibility index (Phi) is 4.94. The number of carbonyl (C=O) groups excluding carboxylic acids is 1. The highest BCUT2D eigenvalue weighted by molar-refractivity contribution is 5.94. The molecule has 26 heavy (non-hydrogen) atoms. The van der Waals surface area contributed by atoms with Gasteiger partial charge in [0.15, 0.2) is 11.5 Å². The number of carbonyl (C=O) groups is 1. The number of rotatable bonds is 3. The second kappa shape index (κ2) is 7.02. The topological polar surface area (TPSA) is 38.8 Å². The highest BCUT2D eigenvalue weighted by Crippen LogP contribution is 2.33. The molecule has 0 aliphatic carbocycles. The summed E-state index contributed by atoms with van der Waals surface area (Å²) in [6.07, 6.45) is 0.821. The molecule has 0 N–H and O–H groups in total. The first-order valence-corrected chi connectivity index (χ1v) is 8.97. The zero-order valence-corrected chi connectivity index (χ0v) is 16.3. The van der Waals surface area contributed by atoms with Crippen molar-refractivity contribution in [2.75, 3.05) is 20.8 Å². The van der Waals surface area contributed by atoms with Crippen molar-refractivity contribution in [3.63, 3.8) is 0 Å². The summed E-state index contributed by atoms with van der Waals surface area (Å²) in [6, 6.07) is 12.0. The Morgan fingerprint density at radius 1 is 0.962 bits per heavy atom. The van der Waals surface area contributed by atoms with Gasteiger partial charge in [0.05, 0.1) is 14.2 Å². The maximum atomic E-state index is 12.9. The van der Waals surface area contributed by atoms with Gasteiger partial charge in [-0.3, -0.25) is 4.79 Å². The molecular formula is C22H27NO3. The molecule has 0 saturated carbocycles. The van der Waals surface area contributed by atoms with Gasteiger partial charge < -0.3 is 14.4 Å². The van der Waals surface area contributed by atoms with Gasteiger partial charge in [-0.15, -0.1) is 0 Å². The fraction of sp³-hybridized carbons (Fsp3) is 0.409. The molecule has 2 aromatic carbocycles. The maximum Gasteiger partial charge on any atom is 0.254 e. The van der Waals surface area contributed by atoms with E-state index >= 15 is 0 Å². The summed E-state index contributed by atoms with van der Waals surface area (Å²) in [5, 5.41) is 0. The first-order valence-electron chi connectivity index (χ1n) is 8.97. The number of benzene rings is 2. The van der Waals surface area contributed by atoms with Gasteiger partial charge in [0, 0.05) is 18.7 Å². The maximum absolute atomic E-state index is 12.9. The summed E-state index contributed by atoms with van der Waals surface area (Å²) >= 11 is 0. The third kappa shape index (κ3) is 3.55. The van der Waals surface area contributed by atoms with Crippen LogP contribution in [0.25, 0.3) is 0 Å². The van der Waals surface area contributed by atoms with E-state index in [1.54, 1.807) is 14.2 Å². The van der Waals surface area contributed by atoms with Crippen molar-refractivity contribution in [3.05, 3.63) is 58.7 Å². The lowest BCUT2D eigenvalue weighted by molar-refractivity contribution is 0.0734. The van der Waals surface area contributed by atoms with Gasteiger partial charge in [-0.05, 0) is 52.8 Å². The van der Waals surface area contributed by atoms with E-state index in [0.717, 1.165) is 23.3 Å². The summed E-state index contributed by atoms with van der Waals surface area (Å²) in [6.45, 7) is 7.82. The molecule has 4 heteroatoms. The molecule has 2 aromatic rings. The molecule has 0 atom stereocenters. The zero-order chi connectivity index (χ0) is 18.9. The molecule has 1 amide bonds. The Hall–Kier alpha value is -2.49. The lowest BCUT2D eigenvalue weighted by Crippen LogP contribution is -2.36. The van der Waals surface area contributed by atoms with Crippen LogP contribution in [0.1, 0.15) is 47.8 Å². The summed E-state index contributed by atoms with van der Waals surface area (Å²) in [7, 11) is 3.27. The van der Waals surface area contributed by atoms with E-state index in [1.165, 1.54) is 11.1 Å². The van der Waals surface area contributed by atoms with E-state index in [9.17, 15) is 4.79 Å². The number of hydrogen-bond donors (Lipinski definition) is 0. The first-order chi connectivity index (χ1) is 12.3. The molecule has 0 radical (unpaired) electrons. The van der Waals surface area contributed by atoms with Crippen molar-refractivity contribution in [1.29, 1.82) is 0 Å². The summed E-state index contributed by atoms with van der Waals surface area (Å²) in [5.74, 6) is 1.52. The summed E-state index contributed by atoms with van der Waals surface area (Å²) in [5.41, 5.74) is 4.39. The van der Waals surface area contributed by atoms with Crippen LogP contribution in [-0.2, 0) is 18.4 Å². The highest BCUT2D eigenvalue weighted by Gasteiger charge is 2.24. The SMILES string of the molecule is COc1cc2c(cc1OC)CN(C(=O)c1ccc(C(C)(C)C)cc1)CC2. The van der Waals surface area contributed by atoms with Crippen LogP contribution < -0.4 is 9.47 Å². The minimum absolute atomic E-state index is 0.0749. The monoisotopic (exact) mass is 353 g/mol. The molecule has 0 saturated heterocycles. The first kappa shape index (κ1) is 18.3. The number of amides is 1. The van der Waals surface area contributed by atoms with Crippen molar-refractivity contribution in [2.45, 2.75) is 39.2 Å². The summed E-state index contributed by atoms with van der Waals surface area (Å²) < 4.78 is 10.8. The predicted octanol–water partition coefficient (Wildman–Crippen LogP) is 4.20. The number of hydrogen-bond acceptors (Lipinski definition) is 3. The van der Waals surface area contributed by atoms with E-state index in [1.807, 2.05) is 29.2 Å². The molecule has 0 spiro atoms. The van der Waals surface area contributed by atoms with Crippen LogP contribution in [0.3, 0.4) is 0 Å². The van der Waals surface area contributed by atoms with E-state index in [4.69, 9.17) is 9.47 Å². The molecule has 1 aliphatic heterocycles. The Labute approximate surface area is 155 Å². The third-order valence-corrected chi connectivity index (χ3v) is 5.00. The van der Waals surface area contributed by atoms with Gasteiger partial charge in [-0.25, -0.2) is 0 Å². The van der Waals surface area contributed by atoms with Crippen LogP contribution in [-0.4, -0.2) is 31.6 Å². The minimum Gasteiger partial charge on any atom is -0.493 e. The van der Waals surface area contributed by atoms with Crippen LogP contribution >= 0.6 is 0 Å². The number of fused-ring (bicyclic) bond motifs is 1. The molecular weight excluding hydrogens is 326 g/mol. The van der Waals surface area contributed by atoms with Gasteiger partial charge in [-0.1, -0.05) is 32.9 Å². The molecule has 4 nitrogen and oxygen atoms in total. The average molecular weight is 353 g/mol. The Morgan fingerprint density at radius 2 is 1.54 bits per heavy atom. The second-order valence-electron chi connectivity index (χ2n) is 7.78. The van der Waals surface area contributed by atoms with Crippen molar-refractivity contribution in [1.82, 2.24) is 4.90 Å². The van der Waals surface area contributed by atoms with E-state index < -0.39 is 0 Å². The highest BCUT2D eigenvalue weighted by atomic mass is 16.5. The van der Waals surface area contributed by atoms with E-state index in [-0.39, 0.29) is 11.3 Å². The zero-order valence-electron chi connectivity index (χ0n) is 16.3. The van der Waals surface area contributed by atoms with Gasteiger partial charge in [0.25, 0.3) is 5.91 Å². The number of methoxy groups -OCH3 is 2. The fourth-order valence-electron chi connectivity index (χ4n) is 3.35. The lowest BCUT2D eigenvalue weighted by atomic mass is 9.86. The number of nitrogens with zero attached hydrogens (tertiary/aromatic N) is 1. The normalized spacial score (nSPS) is 14.0. The third-order valence-electron chi connectivity index (χ3n) is 5.00. The second-order valence-corrected chi connectivity index (χ2v) is 7.78. The Morgan fingerprint density at radius 3 is 2.08 bits per heavy atom. The van der Waals surface area contributed by atoms with Gasteiger partial charge in [-0.2, -0.15) is 0 Å². The van der Waals surface area contributed by atoms with Crippen LogP contribution in [0.15, 0.2) is 36.4 Å². The quantitative estimate of drug-likeness (QED) is 0.830. The molecule has 3 rings (SSSR count). The van der Waals surface area contributed by atoms with E-state index in [0.29, 0.717) is 18.8 Å². The largest absolute Gasteiger partial charge is 0.493 e. The molecule has 1 aliphatic rings. The summed E-state index contributed by atoms with van der Waals surface area (Å²) in [4.78, 5) is 14.8. The average Bonchev–Trinajstić information content (AvgIpc) is 2.65. The minimum atomic E-state index is 0.0749. The molecule has 0 fully saturated rings.